The van der Waals surface area contributed by atoms with Gasteiger partial charge in [-0.1, -0.05) is 39.3 Å². The number of hydrogen-bond acceptors (Lipinski definition) is 4. The second-order valence-corrected chi connectivity index (χ2v) is 11.9. The lowest BCUT2D eigenvalue weighted by molar-refractivity contribution is -0.139. The van der Waals surface area contributed by atoms with Crippen LogP contribution in [0.25, 0.3) is 11.0 Å². The highest BCUT2D eigenvalue weighted by Gasteiger charge is 2.33. The van der Waals surface area contributed by atoms with Gasteiger partial charge >= 0.3 is 0 Å². The highest BCUT2D eigenvalue weighted by Crippen LogP contribution is 2.37. The van der Waals surface area contributed by atoms with Crippen LogP contribution < -0.4 is 4.74 Å². The van der Waals surface area contributed by atoms with Gasteiger partial charge in [0.05, 0.1) is 7.11 Å². The summed E-state index contributed by atoms with van der Waals surface area (Å²) in [4.78, 5) is 33.0. The summed E-state index contributed by atoms with van der Waals surface area (Å²) in [6.07, 6.45) is 6.08. The summed E-state index contributed by atoms with van der Waals surface area (Å²) in [5.74, 6) is 1.13. The number of amides is 1. The topological polar surface area (TPSA) is 64.4 Å². The molecular weight excluding hydrogens is 486 g/mol. The molecule has 37 heavy (non-hydrogen) atoms. The lowest BCUT2D eigenvalue weighted by Crippen LogP contribution is -2.43. The SMILES string of the molecule is COc1cc(Cl)cc(C(=O)Cc2cnc3c(c(C4CCN(C(=O)[C@H](C)C(C)(C)C)CC4)cn3C)c2C)c1. The minimum Gasteiger partial charge on any atom is -0.497 e. The predicted octanol–water partition coefficient (Wildman–Crippen LogP) is 6.36. The molecule has 0 unspecified atom stereocenters. The van der Waals surface area contributed by atoms with Crippen molar-refractivity contribution in [2.45, 2.75) is 59.8 Å². The van der Waals surface area contributed by atoms with Gasteiger partial charge in [-0.15, -0.1) is 0 Å². The van der Waals surface area contributed by atoms with Crippen LogP contribution in [0.5, 0.6) is 5.75 Å². The molecule has 0 spiro atoms. The molecule has 0 bridgehead atoms. The average molecular weight is 524 g/mol. The number of ketones is 1. The van der Waals surface area contributed by atoms with E-state index in [1.165, 1.54) is 5.56 Å². The van der Waals surface area contributed by atoms with Crippen molar-refractivity contribution in [1.82, 2.24) is 14.5 Å². The van der Waals surface area contributed by atoms with E-state index < -0.39 is 0 Å². The van der Waals surface area contributed by atoms with Gasteiger partial charge in [0.2, 0.25) is 5.91 Å². The Labute approximate surface area is 225 Å². The van der Waals surface area contributed by atoms with Crippen LogP contribution in [0.2, 0.25) is 5.02 Å². The van der Waals surface area contributed by atoms with E-state index >= 15 is 0 Å². The third kappa shape index (κ3) is 5.54. The summed E-state index contributed by atoms with van der Waals surface area (Å²) in [6.45, 7) is 12.0. The number of benzene rings is 1. The third-order valence-electron chi connectivity index (χ3n) is 8.07. The van der Waals surface area contributed by atoms with Crippen molar-refractivity contribution in [3.63, 3.8) is 0 Å². The Morgan fingerprint density at radius 1 is 1.19 bits per heavy atom. The number of halogens is 1. The van der Waals surface area contributed by atoms with Gasteiger partial charge in [0.15, 0.2) is 5.78 Å². The van der Waals surface area contributed by atoms with E-state index in [0.717, 1.165) is 48.1 Å². The van der Waals surface area contributed by atoms with Crippen LogP contribution in [0.1, 0.15) is 73.5 Å². The van der Waals surface area contributed by atoms with Gasteiger partial charge in [-0.2, -0.15) is 0 Å². The number of carbonyl (C=O) groups excluding carboxylic acids is 2. The molecule has 0 aliphatic carbocycles. The van der Waals surface area contributed by atoms with Gasteiger partial charge in [0, 0.05) is 60.8 Å². The van der Waals surface area contributed by atoms with Crippen molar-refractivity contribution >= 4 is 34.3 Å². The zero-order valence-corrected chi connectivity index (χ0v) is 23.8. The van der Waals surface area contributed by atoms with Crippen LogP contribution in [-0.4, -0.2) is 46.3 Å². The lowest BCUT2D eigenvalue weighted by Gasteiger charge is -2.37. The maximum Gasteiger partial charge on any atom is 0.225 e. The standard InChI is InChI=1S/C30H38ClN3O3/c1-18-22(14-26(35)21-12-23(31)15-24(13-21)37-7)16-32-28-27(18)25(17-33(28)6)20-8-10-34(11-9-20)29(36)19(2)30(3,4)5/h12-13,15-17,19-20H,8-11,14H2,1-7H3/t19-/m0/s1. The monoisotopic (exact) mass is 523 g/mol. The maximum atomic E-state index is 13.2. The zero-order chi connectivity index (χ0) is 27.1. The number of nitrogens with zero attached hydrogens (tertiary/aromatic N) is 3. The molecule has 1 amide bonds. The van der Waals surface area contributed by atoms with E-state index in [4.69, 9.17) is 21.3 Å². The van der Waals surface area contributed by atoms with E-state index in [2.05, 4.69) is 38.5 Å². The van der Waals surface area contributed by atoms with Gasteiger partial charge in [-0.3, -0.25) is 9.59 Å². The molecule has 1 aromatic carbocycles. The van der Waals surface area contributed by atoms with Crippen molar-refractivity contribution < 1.29 is 14.3 Å². The first-order valence-electron chi connectivity index (χ1n) is 13.0. The van der Waals surface area contributed by atoms with Gasteiger partial charge < -0.3 is 14.2 Å². The number of hydrogen-bond donors (Lipinski definition) is 0. The summed E-state index contributed by atoms with van der Waals surface area (Å²) in [7, 11) is 3.58. The molecule has 1 aliphatic rings. The van der Waals surface area contributed by atoms with E-state index in [1.54, 1.807) is 25.3 Å². The van der Waals surface area contributed by atoms with Crippen LogP contribution in [0.3, 0.4) is 0 Å². The fourth-order valence-corrected chi connectivity index (χ4v) is 5.46. The van der Waals surface area contributed by atoms with Gasteiger partial charge in [-0.25, -0.2) is 4.98 Å². The molecule has 7 heteroatoms. The second kappa shape index (κ2) is 10.5. The van der Waals surface area contributed by atoms with Crippen molar-refractivity contribution in [3.8, 4) is 5.75 Å². The Morgan fingerprint density at radius 2 is 1.86 bits per heavy atom. The van der Waals surface area contributed by atoms with Crippen molar-refractivity contribution in [1.29, 1.82) is 0 Å². The summed E-state index contributed by atoms with van der Waals surface area (Å²) in [5.41, 5.74) is 4.67. The number of likely N-dealkylation sites (tertiary alicyclic amines) is 1. The minimum atomic E-state index is -0.0452. The normalized spacial score (nSPS) is 15.7. The predicted molar refractivity (Wildman–Crippen MR) is 149 cm³/mol. The molecule has 4 rings (SSSR count). The molecule has 1 atom stereocenters. The first-order chi connectivity index (χ1) is 17.4. The molecule has 1 fully saturated rings. The first kappa shape index (κ1) is 27.2. The van der Waals surface area contributed by atoms with Crippen molar-refractivity contribution in [3.05, 3.63) is 57.9 Å². The second-order valence-electron chi connectivity index (χ2n) is 11.5. The number of ether oxygens (including phenoxy) is 1. The molecule has 2 aromatic heterocycles. The molecular formula is C30H38ClN3O3. The number of carbonyl (C=O) groups is 2. The number of aryl methyl sites for hydroxylation is 2. The Balaban J connectivity index is 1.57. The first-order valence-corrected chi connectivity index (χ1v) is 13.4. The van der Waals surface area contributed by atoms with Gasteiger partial charge in [0.1, 0.15) is 11.4 Å². The van der Waals surface area contributed by atoms with Gasteiger partial charge in [-0.05, 0) is 66.0 Å². The van der Waals surface area contributed by atoms with Crippen LogP contribution in [-0.2, 0) is 18.3 Å². The summed E-state index contributed by atoms with van der Waals surface area (Å²) in [6, 6.07) is 5.09. The fraction of sp³-hybridized carbons (Fsp3) is 0.500. The number of fused-ring (bicyclic) bond motifs is 1. The van der Waals surface area contributed by atoms with E-state index in [-0.39, 0.29) is 29.4 Å². The lowest BCUT2D eigenvalue weighted by atomic mass is 9.80. The molecule has 198 valence electrons. The minimum absolute atomic E-state index is 0.00684. The van der Waals surface area contributed by atoms with E-state index in [0.29, 0.717) is 22.3 Å². The molecule has 1 saturated heterocycles. The smallest absolute Gasteiger partial charge is 0.225 e. The number of aromatic nitrogens is 2. The molecule has 3 aromatic rings. The Bertz CT molecular complexity index is 1330. The zero-order valence-electron chi connectivity index (χ0n) is 23.0. The van der Waals surface area contributed by atoms with Crippen LogP contribution in [0.15, 0.2) is 30.6 Å². The van der Waals surface area contributed by atoms with Crippen molar-refractivity contribution in [2.75, 3.05) is 20.2 Å². The third-order valence-corrected chi connectivity index (χ3v) is 8.29. The highest BCUT2D eigenvalue weighted by molar-refractivity contribution is 6.31. The number of methoxy groups -OCH3 is 1. The summed E-state index contributed by atoms with van der Waals surface area (Å²) >= 11 is 6.19. The molecule has 0 N–H and O–H groups in total. The Morgan fingerprint density at radius 3 is 2.49 bits per heavy atom. The number of piperidine rings is 1. The van der Waals surface area contributed by atoms with E-state index in [9.17, 15) is 9.59 Å². The largest absolute Gasteiger partial charge is 0.497 e. The average Bonchev–Trinajstić information content (AvgIpc) is 3.20. The van der Waals surface area contributed by atoms with Crippen LogP contribution in [0.4, 0.5) is 0 Å². The molecule has 0 saturated carbocycles. The molecule has 0 radical (unpaired) electrons. The van der Waals surface area contributed by atoms with Crippen LogP contribution in [0, 0.1) is 18.3 Å². The van der Waals surface area contributed by atoms with E-state index in [1.807, 2.05) is 25.1 Å². The summed E-state index contributed by atoms with van der Waals surface area (Å²) in [5, 5.41) is 1.60. The fourth-order valence-electron chi connectivity index (χ4n) is 5.24. The van der Waals surface area contributed by atoms with Crippen molar-refractivity contribution in [2.24, 2.45) is 18.4 Å². The molecule has 3 heterocycles. The Hall–Kier alpha value is -2.86. The van der Waals surface area contributed by atoms with Gasteiger partial charge in [0.25, 0.3) is 0 Å². The number of pyridine rings is 1. The Kier molecular flexibility index (Phi) is 7.70. The quantitative estimate of drug-likeness (QED) is 0.353. The number of Topliss-reactive ketones (excluding diaryl/α,β-unsaturated/α-hetero) is 1. The van der Waals surface area contributed by atoms with Crippen LogP contribution >= 0.6 is 11.6 Å². The number of rotatable bonds is 6. The molecule has 6 nitrogen and oxygen atoms in total. The summed E-state index contributed by atoms with van der Waals surface area (Å²) < 4.78 is 7.35. The molecule has 1 aliphatic heterocycles. The maximum absolute atomic E-state index is 13.2. The highest BCUT2D eigenvalue weighted by atomic mass is 35.5.